The molecular formula is C25H27ClN2O. The molecule has 2 heterocycles. The molecule has 0 radical (unpaired) electrons. The van der Waals surface area contributed by atoms with Crippen LogP contribution in [0.25, 0.3) is 0 Å². The van der Waals surface area contributed by atoms with E-state index in [4.69, 9.17) is 11.6 Å². The van der Waals surface area contributed by atoms with Crippen LogP contribution in [0.1, 0.15) is 66.1 Å². The number of hydrogen-bond acceptors (Lipinski definition) is 2. The molecule has 1 fully saturated rings. The van der Waals surface area contributed by atoms with Gasteiger partial charge in [-0.1, -0.05) is 35.9 Å². The number of hydrogen-bond donors (Lipinski definition) is 1. The molecule has 4 atom stereocenters. The van der Waals surface area contributed by atoms with Crippen molar-refractivity contribution in [3.8, 4) is 0 Å². The van der Waals surface area contributed by atoms with Gasteiger partial charge in [-0.2, -0.15) is 0 Å². The molecular weight excluding hydrogens is 380 g/mol. The van der Waals surface area contributed by atoms with E-state index in [1.807, 2.05) is 18.2 Å². The lowest BCUT2D eigenvalue weighted by Gasteiger charge is -2.38. The molecule has 3 aliphatic rings. The Balaban J connectivity index is 1.47. The zero-order valence-electron chi connectivity index (χ0n) is 16.8. The van der Waals surface area contributed by atoms with Gasteiger partial charge in [-0.3, -0.25) is 4.79 Å². The number of benzene rings is 2. The third-order valence-corrected chi connectivity index (χ3v) is 7.15. The van der Waals surface area contributed by atoms with Crippen LogP contribution in [0.15, 0.2) is 54.6 Å². The highest BCUT2D eigenvalue weighted by Gasteiger charge is 2.38. The zero-order chi connectivity index (χ0) is 20.0. The fraction of sp³-hybridized carbons (Fsp3) is 0.400. The third kappa shape index (κ3) is 3.36. The Labute approximate surface area is 177 Å². The first-order chi connectivity index (χ1) is 14.1. The van der Waals surface area contributed by atoms with Crippen LogP contribution in [0.2, 0.25) is 5.02 Å². The number of carbonyl (C=O) groups is 1. The van der Waals surface area contributed by atoms with E-state index in [9.17, 15) is 4.79 Å². The first-order valence-corrected chi connectivity index (χ1v) is 11.1. The number of halogens is 1. The van der Waals surface area contributed by atoms with Gasteiger partial charge in [-0.25, -0.2) is 0 Å². The Morgan fingerprint density at radius 3 is 2.76 bits per heavy atom. The largest absolute Gasteiger partial charge is 0.378 e. The van der Waals surface area contributed by atoms with Crippen molar-refractivity contribution in [1.29, 1.82) is 0 Å². The van der Waals surface area contributed by atoms with Gasteiger partial charge in [-0.05, 0) is 80.0 Å². The summed E-state index contributed by atoms with van der Waals surface area (Å²) in [6.07, 6.45) is 9.10. The van der Waals surface area contributed by atoms with Crippen LogP contribution in [0, 0.1) is 5.92 Å². The van der Waals surface area contributed by atoms with Crippen LogP contribution in [0.4, 0.5) is 5.69 Å². The second-order valence-electron chi connectivity index (χ2n) is 8.67. The van der Waals surface area contributed by atoms with E-state index >= 15 is 0 Å². The van der Waals surface area contributed by atoms with Crippen molar-refractivity contribution in [2.45, 2.75) is 50.6 Å². The van der Waals surface area contributed by atoms with Crippen LogP contribution in [0.3, 0.4) is 0 Å². The number of fused-ring (bicyclic) bond motifs is 3. The predicted octanol–water partition coefficient (Wildman–Crippen LogP) is 6.18. The van der Waals surface area contributed by atoms with Crippen molar-refractivity contribution in [2.24, 2.45) is 5.92 Å². The van der Waals surface area contributed by atoms with Crippen LogP contribution < -0.4 is 5.32 Å². The van der Waals surface area contributed by atoms with Gasteiger partial charge >= 0.3 is 0 Å². The van der Waals surface area contributed by atoms with Crippen molar-refractivity contribution in [1.82, 2.24) is 4.90 Å². The Kier molecular flexibility index (Phi) is 4.87. The first-order valence-electron chi connectivity index (χ1n) is 10.8. The summed E-state index contributed by atoms with van der Waals surface area (Å²) >= 11 is 6.10. The number of likely N-dealkylation sites (tertiary alicyclic amines) is 1. The number of allylic oxidation sites excluding steroid dienone is 2. The predicted molar refractivity (Wildman–Crippen MR) is 119 cm³/mol. The summed E-state index contributed by atoms with van der Waals surface area (Å²) in [5.74, 6) is 0.986. The molecule has 1 aliphatic carbocycles. The molecule has 0 spiro atoms. The summed E-state index contributed by atoms with van der Waals surface area (Å²) in [6, 6.07) is 15.0. The number of nitrogens with one attached hydrogen (secondary N) is 1. The fourth-order valence-electron chi connectivity index (χ4n) is 5.29. The Morgan fingerprint density at radius 1 is 1.14 bits per heavy atom. The van der Waals surface area contributed by atoms with E-state index < -0.39 is 0 Å². The van der Waals surface area contributed by atoms with Gasteiger partial charge in [-0.15, -0.1) is 0 Å². The minimum absolute atomic E-state index is 0.179. The molecule has 2 aromatic carbocycles. The van der Waals surface area contributed by atoms with Crippen molar-refractivity contribution in [2.75, 3.05) is 11.9 Å². The molecule has 150 valence electrons. The highest BCUT2D eigenvalue weighted by Crippen LogP contribution is 2.50. The summed E-state index contributed by atoms with van der Waals surface area (Å²) in [5, 5.41) is 4.52. The maximum Gasteiger partial charge on any atom is 0.254 e. The molecule has 2 aliphatic heterocycles. The van der Waals surface area contributed by atoms with E-state index in [0.717, 1.165) is 42.1 Å². The lowest BCUT2D eigenvalue weighted by molar-refractivity contribution is 0.0635. The lowest BCUT2D eigenvalue weighted by Crippen LogP contribution is -2.42. The number of nitrogens with zero attached hydrogens (tertiary/aromatic N) is 1. The van der Waals surface area contributed by atoms with Gasteiger partial charge in [0.25, 0.3) is 5.91 Å². The zero-order valence-corrected chi connectivity index (χ0v) is 17.5. The minimum atomic E-state index is 0.179. The maximum absolute atomic E-state index is 13.2. The van der Waals surface area contributed by atoms with Crippen molar-refractivity contribution in [3.05, 3.63) is 76.3 Å². The molecule has 29 heavy (non-hydrogen) atoms. The Morgan fingerprint density at radius 2 is 1.97 bits per heavy atom. The highest BCUT2D eigenvalue weighted by atomic mass is 35.5. The molecule has 0 saturated carbocycles. The Bertz CT molecular complexity index is 952. The van der Waals surface area contributed by atoms with E-state index in [1.165, 1.54) is 17.5 Å². The SMILES string of the molecule is C[C@@H]1CCCCN1C(=O)c1ccc2c(c1)[C@H]1C=CC[C@H]1[C@H](c1ccc(Cl)cc1)N2. The molecule has 0 bridgehead atoms. The van der Waals surface area contributed by atoms with Crippen molar-refractivity contribution < 1.29 is 4.79 Å². The van der Waals surface area contributed by atoms with E-state index in [0.29, 0.717) is 17.9 Å². The normalized spacial score (nSPS) is 27.9. The molecule has 1 saturated heterocycles. The summed E-state index contributed by atoms with van der Waals surface area (Å²) < 4.78 is 0. The highest BCUT2D eigenvalue weighted by molar-refractivity contribution is 6.30. The molecule has 1 N–H and O–H groups in total. The molecule has 0 aromatic heterocycles. The minimum Gasteiger partial charge on any atom is -0.378 e. The topological polar surface area (TPSA) is 32.3 Å². The smallest absolute Gasteiger partial charge is 0.254 e. The molecule has 0 unspecified atom stereocenters. The molecule has 5 rings (SSSR count). The third-order valence-electron chi connectivity index (χ3n) is 6.90. The maximum atomic E-state index is 13.2. The molecule has 1 amide bonds. The molecule has 2 aromatic rings. The van der Waals surface area contributed by atoms with E-state index in [2.05, 4.69) is 53.6 Å². The van der Waals surface area contributed by atoms with Gasteiger partial charge in [0.1, 0.15) is 0 Å². The number of amides is 1. The van der Waals surface area contributed by atoms with E-state index in [-0.39, 0.29) is 11.9 Å². The summed E-state index contributed by atoms with van der Waals surface area (Å²) in [5.41, 5.74) is 4.48. The monoisotopic (exact) mass is 406 g/mol. The van der Waals surface area contributed by atoms with E-state index in [1.54, 1.807) is 0 Å². The Hall–Kier alpha value is -2.26. The number of rotatable bonds is 2. The second-order valence-corrected chi connectivity index (χ2v) is 9.11. The standard InChI is InChI=1S/C25H27ClN2O/c1-16-5-2-3-14-28(16)25(29)18-10-13-23-22(15-18)20-6-4-7-21(20)24(27-23)17-8-11-19(26)12-9-17/h4,6,8-13,15-16,20-21,24,27H,2-3,5,7,14H2,1H3/t16-,20+,21-,24+/m1/s1. The van der Waals surface area contributed by atoms with Gasteiger partial charge < -0.3 is 10.2 Å². The first kappa shape index (κ1) is 18.7. The van der Waals surface area contributed by atoms with Crippen LogP contribution in [-0.4, -0.2) is 23.4 Å². The van der Waals surface area contributed by atoms with Gasteiger partial charge in [0.15, 0.2) is 0 Å². The van der Waals surface area contributed by atoms with Gasteiger partial charge in [0.05, 0.1) is 6.04 Å². The van der Waals surface area contributed by atoms with Gasteiger partial charge in [0, 0.05) is 34.8 Å². The molecule has 4 heteroatoms. The fourth-order valence-corrected chi connectivity index (χ4v) is 5.42. The summed E-state index contributed by atoms with van der Waals surface area (Å²) in [7, 11) is 0. The quantitative estimate of drug-likeness (QED) is 0.604. The van der Waals surface area contributed by atoms with Crippen LogP contribution >= 0.6 is 11.6 Å². The lowest BCUT2D eigenvalue weighted by atomic mass is 9.76. The second kappa shape index (κ2) is 7.53. The number of anilines is 1. The average molecular weight is 407 g/mol. The van der Waals surface area contributed by atoms with Gasteiger partial charge in [0.2, 0.25) is 0 Å². The summed E-state index contributed by atoms with van der Waals surface area (Å²) in [6.45, 7) is 3.05. The number of carbonyl (C=O) groups excluding carboxylic acids is 1. The number of piperidine rings is 1. The van der Waals surface area contributed by atoms with Crippen LogP contribution in [-0.2, 0) is 0 Å². The molecule has 3 nitrogen and oxygen atoms in total. The van der Waals surface area contributed by atoms with Crippen molar-refractivity contribution >= 4 is 23.2 Å². The average Bonchev–Trinajstić information content (AvgIpc) is 3.24. The van der Waals surface area contributed by atoms with Crippen molar-refractivity contribution in [3.63, 3.8) is 0 Å². The summed E-state index contributed by atoms with van der Waals surface area (Å²) in [4.78, 5) is 15.2. The van der Waals surface area contributed by atoms with Crippen LogP contribution in [0.5, 0.6) is 0 Å².